The number of rotatable bonds is 6. The van der Waals surface area contributed by atoms with Crippen LogP contribution in [0.4, 0.5) is 5.82 Å². The Kier molecular flexibility index (Phi) is 5.54. The topological polar surface area (TPSA) is 118 Å². The van der Waals surface area contributed by atoms with Crippen molar-refractivity contribution in [3.63, 3.8) is 0 Å². The van der Waals surface area contributed by atoms with Gasteiger partial charge in [0.2, 0.25) is 0 Å². The van der Waals surface area contributed by atoms with Crippen LogP contribution in [0.2, 0.25) is 0 Å². The van der Waals surface area contributed by atoms with Crippen molar-refractivity contribution >= 4 is 11.7 Å². The summed E-state index contributed by atoms with van der Waals surface area (Å²) in [6.07, 6.45) is 2.80. The minimum atomic E-state index is -0.277. The Morgan fingerprint density at radius 1 is 1.30 bits per heavy atom. The summed E-state index contributed by atoms with van der Waals surface area (Å²) in [6, 6.07) is 7.46. The van der Waals surface area contributed by atoms with Crippen LogP contribution in [0.3, 0.4) is 0 Å². The first-order chi connectivity index (χ1) is 14.4. The predicted molar refractivity (Wildman–Crippen MR) is 112 cm³/mol. The highest BCUT2D eigenvalue weighted by Crippen LogP contribution is 2.42. The summed E-state index contributed by atoms with van der Waals surface area (Å²) in [5, 5.41) is 14.4. The van der Waals surface area contributed by atoms with Gasteiger partial charge in [-0.05, 0) is 44.2 Å². The maximum Gasteiger partial charge on any atom is 0.275 e. The van der Waals surface area contributed by atoms with Gasteiger partial charge in [-0.1, -0.05) is 6.07 Å². The molecule has 0 saturated heterocycles. The molecule has 0 unspecified atom stereocenters. The zero-order chi connectivity index (χ0) is 21.3. The van der Waals surface area contributed by atoms with E-state index in [1.165, 1.54) is 4.68 Å². The zero-order valence-electron chi connectivity index (χ0n) is 17.4. The van der Waals surface area contributed by atoms with E-state index in [-0.39, 0.29) is 23.3 Å². The summed E-state index contributed by atoms with van der Waals surface area (Å²) in [5.74, 6) is 0.704. The van der Waals surface area contributed by atoms with Crippen molar-refractivity contribution in [2.75, 3.05) is 12.4 Å². The Balaban J connectivity index is 1.42. The minimum Gasteiger partial charge on any atom is -0.378 e. The number of hydrogen-bond donors (Lipinski definition) is 3. The molecule has 1 fully saturated rings. The second-order valence-corrected chi connectivity index (χ2v) is 7.87. The normalized spacial score (nSPS) is 18.6. The van der Waals surface area contributed by atoms with E-state index in [4.69, 9.17) is 4.74 Å². The smallest absolute Gasteiger partial charge is 0.275 e. The van der Waals surface area contributed by atoms with Crippen LogP contribution < -0.4 is 10.9 Å². The van der Waals surface area contributed by atoms with Crippen LogP contribution in [-0.2, 0) is 18.4 Å². The van der Waals surface area contributed by atoms with Gasteiger partial charge in [-0.25, -0.2) is 0 Å². The Morgan fingerprint density at radius 2 is 2.10 bits per heavy atom. The molecule has 3 heterocycles. The first-order valence-electron chi connectivity index (χ1n) is 10.0. The average Bonchev–Trinajstić information content (AvgIpc) is 3.42. The van der Waals surface area contributed by atoms with Crippen molar-refractivity contribution < 1.29 is 9.53 Å². The number of carbonyl (C=O) groups is 1. The van der Waals surface area contributed by atoms with E-state index >= 15 is 0 Å². The first-order valence-corrected chi connectivity index (χ1v) is 10.0. The van der Waals surface area contributed by atoms with Gasteiger partial charge >= 0.3 is 0 Å². The minimum absolute atomic E-state index is 0.00207. The second-order valence-electron chi connectivity index (χ2n) is 7.87. The highest BCUT2D eigenvalue weighted by Gasteiger charge is 2.30. The molecule has 0 spiro atoms. The van der Waals surface area contributed by atoms with Crippen molar-refractivity contribution in [2.45, 2.75) is 44.6 Å². The second kappa shape index (κ2) is 8.27. The van der Waals surface area contributed by atoms with Crippen LogP contribution >= 0.6 is 0 Å². The molecule has 1 saturated carbocycles. The van der Waals surface area contributed by atoms with Gasteiger partial charge in [0, 0.05) is 43.1 Å². The summed E-state index contributed by atoms with van der Waals surface area (Å²) < 4.78 is 6.59. The first kappa shape index (κ1) is 20.1. The Labute approximate surface area is 173 Å². The van der Waals surface area contributed by atoms with Gasteiger partial charge in [-0.3, -0.25) is 19.4 Å². The molecule has 9 nitrogen and oxygen atoms in total. The molecule has 3 aromatic rings. The highest BCUT2D eigenvalue weighted by molar-refractivity contribution is 6.02. The van der Waals surface area contributed by atoms with Gasteiger partial charge in [0.15, 0.2) is 5.82 Å². The van der Waals surface area contributed by atoms with Crippen molar-refractivity contribution in [3.8, 4) is 0 Å². The van der Waals surface area contributed by atoms with Crippen LogP contribution in [-0.4, -0.2) is 38.0 Å². The lowest BCUT2D eigenvalue weighted by atomic mass is 9.96. The van der Waals surface area contributed by atoms with Gasteiger partial charge in [0.05, 0.1) is 12.3 Å². The van der Waals surface area contributed by atoms with Gasteiger partial charge < -0.3 is 15.0 Å². The molecule has 3 N–H and O–H groups in total. The molecule has 4 rings (SSSR count). The van der Waals surface area contributed by atoms with Crippen molar-refractivity contribution in [1.82, 2.24) is 25.0 Å². The summed E-state index contributed by atoms with van der Waals surface area (Å²) in [6.45, 7) is 2.23. The van der Waals surface area contributed by atoms with E-state index in [0.717, 1.165) is 36.2 Å². The highest BCUT2D eigenvalue weighted by atomic mass is 16.5. The summed E-state index contributed by atoms with van der Waals surface area (Å²) in [5.41, 5.74) is 3.82. The van der Waals surface area contributed by atoms with E-state index in [1.807, 2.05) is 25.1 Å². The van der Waals surface area contributed by atoms with Crippen LogP contribution in [0.15, 0.2) is 29.1 Å². The molecule has 0 bridgehead atoms. The Morgan fingerprint density at radius 3 is 2.87 bits per heavy atom. The van der Waals surface area contributed by atoms with Gasteiger partial charge in [-0.15, -0.1) is 0 Å². The van der Waals surface area contributed by atoms with E-state index in [2.05, 4.69) is 25.6 Å². The number of amides is 1. The molecule has 1 aliphatic rings. The molecular weight excluding hydrogens is 384 g/mol. The SMILES string of the molecule is COCc1cc(C(=O)Nc2cc([C@@H]3CC[C@H](c4ccc(C)[nH]c4=O)C3)[nH]n2)n(C)n1. The molecule has 0 aromatic carbocycles. The maximum atomic E-state index is 12.6. The molecule has 9 heteroatoms. The van der Waals surface area contributed by atoms with E-state index in [9.17, 15) is 9.59 Å². The fraction of sp³-hybridized carbons (Fsp3) is 0.429. The largest absolute Gasteiger partial charge is 0.378 e. The molecule has 1 amide bonds. The summed E-state index contributed by atoms with van der Waals surface area (Å²) in [4.78, 5) is 27.7. The third kappa shape index (κ3) is 4.06. The number of nitrogens with zero attached hydrogens (tertiary/aromatic N) is 3. The van der Waals surface area contributed by atoms with Crippen LogP contribution in [0.25, 0.3) is 0 Å². The third-order valence-electron chi connectivity index (χ3n) is 5.69. The monoisotopic (exact) mass is 410 g/mol. The number of anilines is 1. The van der Waals surface area contributed by atoms with E-state index in [0.29, 0.717) is 23.8 Å². The maximum absolute atomic E-state index is 12.6. The molecule has 2 atom stereocenters. The van der Waals surface area contributed by atoms with Crippen LogP contribution in [0, 0.1) is 6.92 Å². The predicted octanol–water partition coefficient (Wildman–Crippen LogP) is 2.59. The van der Waals surface area contributed by atoms with Gasteiger partial charge in [0.1, 0.15) is 5.69 Å². The quantitative estimate of drug-likeness (QED) is 0.577. The Hall–Kier alpha value is -3.20. The average molecular weight is 410 g/mol. The number of methoxy groups -OCH3 is 1. The van der Waals surface area contributed by atoms with Crippen molar-refractivity contribution in [1.29, 1.82) is 0 Å². The summed E-state index contributed by atoms with van der Waals surface area (Å²) in [7, 11) is 3.30. The third-order valence-corrected chi connectivity index (χ3v) is 5.69. The number of aromatic amines is 2. The van der Waals surface area contributed by atoms with Gasteiger partial charge in [0.25, 0.3) is 11.5 Å². The summed E-state index contributed by atoms with van der Waals surface area (Å²) >= 11 is 0. The van der Waals surface area contributed by atoms with Crippen LogP contribution in [0.1, 0.15) is 64.2 Å². The number of H-pyrrole nitrogens is 2. The standard InChI is InChI=1S/C21H26N6O3/c1-12-4-7-16(20(28)22-12)13-5-6-14(8-13)17-10-19(25-24-17)23-21(29)18-9-15(11-30-3)26-27(18)2/h4,7,9-10,13-14H,5-6,8,11H2,1-3H3,(H,22,28)(H2,23,24,25,29)/t13-,14+/m0/s1. The fourth-order valence-electron chi connectivity index (χ4n) is 4.20. The number of aromatic nitrogens is 5. The molecule has 1 aliphatic carbocycles. The number of carbonyl (C=O) groups excluding carboxylic acids is 1. The van der Waals surface area contributed by atoms with E-state index < -0.39 is 0 Å². The van der Waals surface area contributed by atoms with Crippen molar-refractivity contribution in [3.05, 3.63) is 63.0 Å². The molecular formula is C21H26N6O3. The molecule has 30 heavy (non-hydrogen) atoms. The molecule has 0 radical (unpaired) electrons. The zero-order valence-corrected chi connectivity index (χ0v) is 17.4. The lowest BCUT2D eigenvalue weighted by molar-refractivity contribution is 0.101. The molecule has 0 aliphatic heterocycles. The number of hydrogen-bond acceptors (Lipinski definition) is 5. The van der Waals surface area contributed by atoms with Crippen molar-refractivity contribution in [2.24, 2.45) is 7.05 Å². The lowest BCUT2D eigenvalue weighted by Gasteiger charge is -2.10. The number of nitrogens with one attached hydrogen (secondary N) is 3. The lowest BCUT2D eigenvalue weighted by Crippen LogP contribution is -2.16. The Bertz CT molecular complexity index is 1110. The van der Waals surface area contributed by atoms with E-state index in [1.54, 1.807) is 20.2 Å². The van der Waals surface area contributed by atoms with Crippen LogP contribution in [0.5, 0.6) is 0 Å². The molecule has 3 aromatic heterocycles. The number of pyridine rings is 1. The fourth-order valence-corrected chi connectivity index (χ4v) is 4.20. The molecule has 158 valence electrons. The number of ether oxygens (including phenoxy) is 1. The number of aryl methyl sites for hydroxylation is 2. The van der Waals surface area contributed by atoms with Gasteiger partial charge in [-0.2, -0.15) is 10.2 Å².